The standard InChI is InChI=1S/C16H30N4O/c1-13(11-20-10-9-18-12-20)19-15(21)6-5-14(7-8-17)16(2,3)4/h9-10,12-14H,5-8,11,17H2,1-4H3,(H,19,21). The lowest BCUT2D eigenvalue weighted by Crippen LogP contribution is -2.36. The quantitative estimate of drug-likeness (QED) is 0.772. The molecule has 1 aromatic heterocycles. The maximum atomic E-state index is 12.1. The number of carbonyl (C=O) groups is 1. The van der Waals surface area contributed by atoms with Crippen molar-refractivity contribution in [3.8, 4) is 0 Å². The van der Waals surface area contributed by atoms with Crippen LogP contribution in [0, 0.1) is 11.3 Å². The summed E-state index contributed by atoms with van der Waals surface area (Å²) in [6, 6.07) is 0.106. The Hall–Kier alpha value is -1.36. The summed E-state index contributed by atoms with van der Waals surface area (Å²) >= 11 is 0. The molecule has 1 rings (SSSR count). The Labute approximate surface area is 128 Å². The number of nitrogens with zero attached hydrogens (tertiary/aromatic N) is 2. The van der Waals surface area contributed by atoms with Gasteiger partial charge in [-0.15, -0.1) is 0 Å². The highest BCUT2D eigenvalue weighted by molar-refractivity contribution is 5.76. The molecular weight excluding hydrogens is 264 g/mol. The van der Waals surface area contributed by atoms with Crippen molar-refractivity contribution >= 4 is 5.91 Å². The van der Waals surface area contributed by atoms with Crippen LogP contribution in [0.2, 0.25) is 0 Å². The molecule has 0 aliphatic carbocycles. The smallest absolute Gasteiger partial charge is 0.220 e. The number of hydrogen-bond acceptors (Lipinski definition) is 3. The molecule has 0 aliphatic rings. The third-order valence-electron chi connectivity index (χ3n) is 3.91. The Morgan fingerprint density at radius 1 is 1.38 bits per heavy atom. The van der Waals surface area contributed by atoms with E-state index in [1.54, 1.807) is 12.5 Å². The molecule has 0 radical (unpaired) electrons. The molecule has 0 bridgehead atoms. The molecular formula is C16H30N4O. The van der Waals surface area contributed by atoms with Gasteiger partial charge in [0.1, 0.15) is 0 Å². The second kappa shape index (κ2) is 8.17. The van der Waals surface area contributed by atoms with E-state index in [-0.39, 0.29) is 17.4 Å². The van der Waals surface area contributed by atoms with E-state index in [0.29, 0.717) is 18.9 Å². The molecule has 0 spiro atoms. The summed E-state index contributed by atoms with van der Waals surface area (Å²) in [7, 11) is 0. The van der Waals surface area contributed by atoms with Crippen LogP contribution in [-0.4, -0.2) is 28.0 Å². The van der Waals surface area contributed by atoms with Gasteiger partial charge in [0.15, 0.2) is 0 Å². The van der Waals surface area contributed by atoms with Crippen molar-refractivity contribution in [2.45, 2.75) is 59.5 Å². The Morgan fingerprint density at radius 3 is 2.62 bits per heavy atom. The molecule has 0 aliphatic heterocycles. The van der Waals surface area contributed by atoms with Crippen LogP contribution in [0.4, 0.5) is 0 Å². The van der Waals surface area contributed by atoms with Gasteiger partial charge in [0.05, 0.1) is 6.33 Å². The molecule has 1 amide bonds. The first-order chi connectivity index (χ1) is 9.82. The first-order valence-corrected chi connectivity index (χ1v) is 7.78. The van der Waals surface area contributed by atoms with Gasteiger partial charge in [-0.1, -0.05) is 20.8 Å². The second-order valence-electron chi connectivity index (χ2n) is 6.91. The van der Waals surface area contributed by atoms with E-state index < -0.39 is 0 Å². The first kappa shape index (κ1) is 17.7. The minimum absolute atomic E-state index is 0.106. The van der Waals surface area contributed by atoms with Gasteiger partial charge in [-0.05, 0) is 37.6 Å². The normalized spacial score (nSPS) is 14.7. The Morgan fingerprint density at radius 2 is 2.10 bits per heavy atom. The lowest BCUT2D eigenvalue weighted by molar-refractivity contribution is -0.122. The number of carbonyl (C=O) groups excluding carboxylic acids is 1. The lowest BCUT2D eigenvalue weighted by Gasteiger charge is -2.30. The van der Waals surface area contributed by atoms with E-state index in [2.05, 4.69) is 31.1 Å². The highest BCUT2D eigenvalue weighted by Crippen LogP contribution is 2.31. The number of imidazole rings is 1. The topological polar surface area (TPSA) is 72.9 Å². The van der Waals surface area contributed by atoms with Crippen LogP contribution in [0.25, 0.3) is 0 Å². The van der Waals surface area contributed by atoms with E-state index in [4.69, 9.17) is 5.73 Å². The molecule has 0 aromatic carbocycles. The molecule has 2 atom stereocenters. The summed E-state index contributed by atoms with van der Waals surface area (Å²) in [5, 5.41) is 3.05. The fourth-order valence-corrected chi connectivity index (χ4v) is 2.62. The average molecular weight is 294 g/mol. The van der Waals surface area contributed by atoms with Crippen LogP contribution in [0.5, 0.6) is 0 Å². The monoisotopic (exact) mass is 294 g/mol. The average Bonchev–Trinajstić information content (AvgIpc) is 2.85. The fraction of sp³-hybridized carbons (Fsp3) is 0.750. The van der Waals surface area contributed by atoms with E-state index in [9.17, 15) is 4.79 Å². The maximum absolute atomic E-state index is 12.1. The van der Waals surface area contributed by atoms with E-state index in [1.807, 2.05) is 17.7 Å². The molecule has 2 unspecified atom stereocenters. The number of nitrogens with one attached hydrogen (secondary N) is 1. The third kappa shape index (κ3) is 6.76. The minimum Gasteiger partial charge on any atom is -0.352 e. The van der Waals surface area contributed by atoms with Crippen molar-refractivity contribution in [1.29, 1.82) is 0 Å². The van der Waals surface area contributed by atoms with Crippen LogP contribution in [0.15, 0.2) is 18.7 Å². The number of amides is 1. The zero-order chi connectivity index (χ0) is 15.9. The van der Waals surface area contributed by atoms with E-state index in [0.717, 1.165) is 19.4 Å². The van der Waals surface area contributed by atoms with Crippen molar-refractivity contribution in [3.05, 3.63) is 18.7 Å². The largest absolute Gasteiger partial charge is 0.352 e. The Kier molecular flexibility index (Phi) is 6.89. The van der Waals surface area contributed by atoms with Crippen molar-refractivity contribution < 1.29 is 4.79 Å². The molecule has 1 aromatic rings. The number of nitrogens with two attached hydrogens (primary N) is 1. The molecule has 5 heteroatoms. The van der Waals surface area contributed by atoms with Gasteiger partial charge in [0.25, 0.3) is 0 Å². The van der Waals surface area contributed by atoms with Crippen molar-refractivity contribution in [2.75, 3.05) is 6.54 Å². The maximum Gasteiger partial charge on any atom is 0.220 e. The second-order valence-corrected chi connectivity index (χ2v) is 6.91. The van der Waals surface area contributed by atoms with E-state index >= 15 is 0 Å². The Bertz CT molecular complexity index is 408. The predicted molar refractivity (Wildman–Crippen MR) is 85.7 cm³/mol. The molecule has 0 saturated carbocycles. The molecule has 5 nitrogen and oxygen atoms in total. The highest BCUT2D eigenvalue weighted by atomic mass is 16.1. The Balaban J connectivity index is 2.35. The summed E-state index contributed by atoms with van der Waals surface area (Å²) < 4.78 is 1.97. The molecule has 1 heterocycles. The SMILES string of the molecule is CC(Cn1ccnc1)NC(=O)CCC(CCN)C(C)(C)C. The molecule has 120 valence electrons. The number of hydrogen-bond donors (Lipinski definition) is 2. The van der Waals surface area contributed by atoms with Gasteiger partial charge in [-0.2, -0.15) is 0 Å². The minimum atomic E-state index is 0.106. The van der Waals surface area contributed by atoms with Crippen molar-refractivity contribution in [2.24, 2.45) is 17.1 Å². The van der Waals surface area contributed by atoms with Gasteiger partial charge < -0.3 is 15.6 Å². The van der Waals surface area contributed by atoms with Crippen molar-refractivity contribution in [3.63, 3.8) is 0 Å². The summed E-state index contributed by atoms with van der Waals surface area (Å²) in [4.78, 5) is 16.1. The van der Waals surface area contributed by atoms with Gasteiger partial charge >= 0.3 is 0 Å². The zero-order valence-corrected chi connectivity index (χ0v) is 13.8. The third-order valence-corrected chi connectivity index (χ3v) is 3.91. The van der Waals surface area contributed by atoms with E-state index in [1.165, 1.54) is 0 Å². The summed E-state index contributed by atoms with van der Waals surface area (Å²) in [5.41, 5.74) is 5.88. The van der Waals surface area contributed by atoms with Gasteiger partial charge in [0.2, 0.25) is 5.91 Å². The van der Waals surface area contributed by atoms with Crippen LogP contribution in [-0.2, 0) is 11.3 Å². The van der Waals surface area contributed by atoms with Gasteiger partial charge in [-0.25, -0.2) is 4.98 Å². The predicted octanol–water partition coefficient (Wildman–Crippen LogP) is 2.18. The van der Waals surface area contributed by atoms with Crippen LogP contribution < -0.4 is 11.1 Å². The van der Waals surface area contributed by atoms with Crippen LogP contribution in [0.1, 0.15) is 47.0 Å². The summed E-state index contributed by atoms with van der Waals surface area (Å²) in [6.07, 6.45) is 7.84. The van der Waals surface area contributed by atoms with Gasteiger partial charge in [0, 0.05) is 31.4 Å². The zero-order valence-electron chi connectivity index (χ0n) is 13.8. The van der Waals surface area contributed by atoms with Crippen molar-refractivity contribution in [1.82, 2.24) is 14.9 Å². The molecule has 0 saturated heterocycles. The van der Waals surface area contributed by atoms with Crippen LogP contribution >= 0.6 is 0 Å². The molecule has 3 N–H and O–H groups in total. The number of rotatable bonds is 8. The summed E-state index contributed by atoms with van der Waals surface area (Å²) in [6.45, 7) is 10.1. The molecule has 0 fully saturated rings. The fourth-order valence-electron chi connectivity index (χ4n) is 2.62. The van der Waals surface area contributed by atoms with Crippen LogP contribution in [0.3, 0.4) is 0 Å². The molecule has 21 heavy (non-hydrogen) atoms. The highest BCUT2D eigenvalue weighted by Gasteiger charge is 2.24. The summed E-state index contributed by atoms with van der Waals surface area (Å²) in [5.74, 6) is 0.603. The number of aromatic nitrogens is 2. The lowest BCUT2D eigenvalue weighted by atomic mass is 9.76. The first-order valence-electron chi connectivity index (χ1n) is 7.78. The van der Waals surface area contributed by atoms with Gasteiger partial charge in [-0.3, -0.25) is 4.79 Å².